The number of carbonyl (C=O) groups is 1. The third-order valence-corrected chi connectivity index (χ3v) is 5.65. The minimum atomic E-state index is -3.99. The normalized spacial score (nSPS) is 12.4. The quantitative estimate of drug-likeness (QED) is 0.502. The average molecular weight is 458 g/mol. The highest BCUT2D eigenvalue weighted by atomic mass is 32.2. The van der Waals surface area contributed by atoms with Crippen molar-refractivity contribution in [3.05, 3.63) is 53.6 Å². The van der Waals surface area contributed by atoms with Gasteiger partial charge < -0.3 is 19.5 Å². The van der Waals surface area contributed by atoms with Gasteiger partial charge in [-0.1, -0.05) is 0 Å². The van der Waals surface area contributed by atoms with Crippen LogP contribution in [-0.4, -0.2) is 54.4 Å². The number of sulfonamides is 1. The summed E-state index contributed by atoms with van der Waals surface area (Å²) in [6, 6.07) is 5.80. The molecule has 0 aliphatic carbocycles. The Labute approximate surface area is 179 Å². The van der Waals surface area contributed by atoms with Gasteiger partial charge in [0.1, 0.15) is 17.4 Å². The molecule has 0 radical (unpaired) electrons. The number of amides is 1. The summed E-state index contributed by atoms with van der Waals surface area (Å²) in [5.41, 5.74) is -0.403. The van der Waals surface area contributed by atoms with E-state index in [1.165, 1.54) is 26.4 Å². The van der Waals surface area contributed by atoms with Gasteiger partial charge in [-0.15, -0.1) is 0 Å². The molecular formula is C20H24F2N2O6S. The lowest BCUT2D eigenvalue weighted by molar-refractivity contribution is 0.0638. The van der Waals surface area contributed by atoms with Crippen LogP contribution in [0, 0.1) is 11.6 Å². The molecule has 0 bridgehead atoms. The second-order valence-corrected chi connectivity index (χ2v) is 8.24. The molecule has 1 amide bonds. The van der Waals surface area contributed by atoms with Gasteiger partial charge in [-0.3, -0.25) is 4.79 Å². The summed E-state index contributed by atoms with van der Waals surface area (Å²) in [7, 11) is -1.16. The van der Waals surface area contributed by atoms with Crippen LogP contribution in [0.3, 0.4) is 0 Å². The summed E-state index contributed by atoms with van der Waals surface area (Å²) >= 11 is 0. The third-order valence-electron chi connectivity index (χ3n) is 4.06. The van der Waals surface area contributed by atoms with Crippen LogP contribution < -0.4 is 14.8 Å². The number of carbonyl (C=O) groups excluding carboxylic acids is 1. The summed E-state index contributed by atoms with van der Waals surface area (Å²) in [5.74, 6) is -2.52. The highest BCUT2D eigenvalue weighted by molar-refractivity contribution is 7.89. The minimum Gasteiger partial charge on any atom is -0.496 e. The van der Waals surface area contributed by atoms with Crippen LogP contribution in [0.15, 0.2) is 41.3 Å². The lowest BCUT2D eigenvalue weighted by Gasteiger charge is -2.16. The molecule has 0 heterocycles. The Morgan fingerprint density at radius 2 is 1.84 bits per heavy atom. The number of ether oxygens (including phenoxy) is 3. The molecule has 0 saturated heterocycles. The molecule has 2 aromatic carbocycles. The Bertz CT molecular complexity index is 1020. The van der Waals surface area contributed by atoms with Crippen LogP contribution in [0.2, 0.25) is 0 Å². The zero-order valence-electron chi connectivity index (χ0n) is 17.3. The van der Waals surface area contributed by atoms with Crippen LogP contribution in [-0.2, 0) is 19.5 Å². The van der Waals surface area contributed by atoms with Crippen molar-refractivity contribution in [2.45, 2.75) is 17.9 Å². The first-order valence-corrected chi connectivity index (χ1v) is 10.7. The molecule has 0 unspecified atom stereocenters. The molecule has 0 saturated carbocycles. The van der Waals surface area contributed by atoms with Crippen molar-refractivity contribution >= 4 is 21.6 Å². The second-order valence-electron chi connectivity index (χ2n) is 6.53. The molecule has 2 N–H and O–H groups in total. The molecule has 170 valence electrons. The predicted octanol–water partition coefficient (Wildman–Crippen LogP) is 2.56. The number of methoxy groups -OCH3 is 2. The van der Waals surface area contributed by atoms with Gasteiger partial charge in [-0.2, -0.15) is 0 Å². The molecule has 11 heteroatoms. The zero-order valence-corrected chi connectivity index (χ0v) is 18.1. The molecular weight excluding hydrogens is 434 g/mol. The molecule has 0 aliphatic rings. The number of benzene rings is 2. The number of anilines is 1. The van der Waals surface area contributed by atoms with Crippen LogP contribution >= 0.6 is 0 Å². The Balaban J connectivity index is 2.21. The monoisotopic (exact) mass is 458 g/mol. The number of nitrogens with one attached hydrogen (secondary N) is 2. The molecule has 8 nitrogen and oxygen atoms in total. The van der Waals surface area contributed by atoms with Gasteiger partial charge in [0.05, 0.1) is 43.1 Å². The molecule has 0 spiro atoms. The zero-order chi connectivity index (χ0) is 23.0. The van der Waals surface area contributed by atoms with Gasteiger partial charge in [0.25, 0.3) is 5.91 Å². The average Bonchev–Trinajstić information content (AvgIpc) is 2.72. The SMILES string of the molecule is COCCOC[C@@H](C)NS(=O)(=O)c1ccc(OC)c(C(=O)Nc2ccc(F)cc2F)c1. The Kier molecular flexibility index (Phi) is 8.87. The maximum atomic E-state index is 13.9. The van der Waals surface area contributed by atoms with Gasteiger partial charge in [-0.25, -0.2) is 21.9 Å². The lowest BCUT2D eigenvalue weighted by Crippen LogP contribution is -2.36. The van der Waals surface area contributed by atoms with Crippen molar-refractivity contribution < 1.29 is 36.2 Å². The summed E-state index contributed by atoms with van der Waals surface area (Å²) in [6.45, 7) is 2.44. The fourth-order valence-electron chi connectivity index (χ4n) is 2.58. The Morgan fingerprint density at radius 3 is 2.48 bits per heavy atom. The molecule has 0 aromatic heterocycles. The standard InChI is InChI=1S/C20H24F2N2O6S/c1-13(12-30-9-8-28-2)24-31(26,27)15-5-7-19(29-3)16(11-15)20(25)23-18-6-4-14(21)10-17(18)22/h4-7,10-11,13,24H,8-9,12H2,1-3H3,(H,23,25)/t13-/m1/s1. The molecule has 1 atom stereocenters. The Hall–Kier alpha value is -2.60. The molecule has 0 aliphatic heterocycles. The van der Waals surface area contributed by atoms with Gasteiger partial charge in [-0.05, 0) is 37.3 Å². The maximum Gasteiger partial charge on any atom is 0.259 e. The minimum absolute atomic E-state index is 0.0786. The van der Waals surface area contributed by atoms with Gasteiger partial charge in [0.2, 0.25) is 10.0 Å². The van der Waals surface area contributed by atoms with Crippen molar-refractivity contribution in [2.24, 2.45) is 0 Å². The first-order valence-electron chi connectivity index (χ1n) is 9.21. The number of hydrogen-bond acceptors (Lipinski definition) is 6. The first-order chi connectivity index (χ1) is 14.7. The number of halogens is 2. The van der Waals surface area contributed by atoms with Crippen molar-refractivity contribution in [3.8, 4) is 5.75 Å². The van der Waals surface area contributed by atoms with Crippen LogP contribution in [0.25, 0.3) is 0 Å². The Morgan fingerprint density at radius 1 is 1.10 bits per heavy atom. The topological polar surface area (TPSA) is 103 Å². The van der Waals surface area contributed by atoms with E-state index in [0.717, 1.165) is 18.2 Å². The maximum absolute atomic E-state index is 13.9. The van der Waals surface area contributed by atoms with E-state index in [1.54, 1.807) is 6.92 Å². The molecule has 2 aromatic rings. The largest absolute Gasteiger partial charge is 0.496 e. The highest BCUT2D eigenvalue weighted by Crippen LogP contribution is 2.25. The predicted molar refractivity (Wildman–Crippen MR) is 110 cm³/mol. The van der Waals surface area contributed by atoms with Crippen molar-refractivity contribution in [2.75, 3.05) is 39.4 Å². The molecule has 31 heavy (non-hydrogen) atoms. The van der Waals surface area contributed by atoms with Crippen LogP contribution in [0.5, 0.6) is 5.75 Å². The molecule has 2 rings (SSSR count). The van der Waals surface area contributed by atoms with E-state index in [9.17, 15) is 22.0 Å². The number of hydrogen-bond donors (Lipinski definition) is 2. The van der Waals surface area contributed by atoms with Crippen molar-refractivity contribution in [1.29, 1.82) is 0 Å². The second kappa shape index (κ2) is 11.1. The lowest BCUT2D eigenvalue weighted by atomic mass is 10.1. The van der Waals surface area contributed by atoms with Gasteiger partial charge in [0.15, 0.2) is 0 Å². The van der Waals surface area contributed by atoms with E-state index in [4.69, 9.17) is 14.2 Å². The summed E-state index contributed by atoms with van der Waals surface area (Å²) < 4.78 is 70.0. The third kappa shape index (κ3) is 6.96. The van der Waals surface area contributed by atoms with Crippen LogP contribution in [0.4, 0.5) is 14.5 Å². The van der Waals surface area contributed by atoms with E-state index >= 15 is 0 Å². The van der Waals surface area contributed by atoms with E-state index in [2.05, 4.69) is 10.0 Å². The molecule has 0 fully saturated rings. The van der Waals surface area contributed by atoms with E-state index in [0.29, 0.717) is 19.3 Å². The fraction of sp³-hybridized carbons (Fsp3) is 0.350. The van der Waals surface area contributed by atoms with E-state index < -0.39 is 33.6 Å². The highest BCUT2D eigenvalue weighted by Gasteiger charge is 2.22. The summed E-state index contributed by atoms with van der Waals surface area (Å²) in [5, 5.41) is 2.28. The van der Waals surface area contributed by atoms with Crippen LogP contribution in [0.1, 0.15) is 17.3 Å². The smallest absolute Gasteiger partial charge is 0.259 e. The summed E-state index contributed by atoms with van der Waals surface area (Å²) in [4.78, 5) is 12.4. The van der Waals surface area contributed by atoms with Crippen molar-refractivity contribution in [1.82, 2.24) is 4.72 Å². The van der Waals surface area contributed by atoms with Crippen molar-refractivity contribution in [3.63, 3.8) is 0 Å². The van der Waals surface area contributed by atoms with Gasteiger partial charge in [0, 0.05) is 19.2 Å². The van der Waals surface area contributed by atoms with E-state index in [1.807, 2.05) is 0 Å². The van der Waals surface area contributed by atoms with E-state index in [-0.39, 0.29) is 28.5 Å². The number of rotatable bonds is 11. The first kappa shape index (κ1) is 24.7. The van der Waals surface area contributed by atoms with Gasteiger partial charge >= 0.3 is 0 Å². The summed E-state index contributed by atoms with van der Waals surface area (Å²) in [6.07, 6.45) is 0. The fourth-order valence-corrected chi connectivity index (χ4v) is 3.84.